The average Bonchev–Trinajstić information content (AvgIpc) is 2.65. The summed E-state index contributed by atoms with van der Waals surface area (Å²) in [6.07, 6.45) is 1.16. The van der Waals surface area contributed by atoms with Gasteiger partial charge in [-0.15, -0.1) is 0 Å². The highest BCUT2D eigenvalue weighted by molar-refractivity contribution is 5.97. The van der Waals surface area contributed by atoms with Crippen LogP contribution in [0, 0.1) is 5.82 Å². The molecule has 0 saturated carbocycles. The zero-order valence-corrected chi connectivity index (χ0v) is 13.6. The Balaban J connectivity index is 2.18. The number of hydrogen-bond donors (Lipinski definition) is 2. The molecule has 0 aliphatic rings. The molecule has 0 aliphatic heterocycles. The van der Waals surface area contributed by atoms with Gasteiger partial charge in [-0.2, -0.15) is 5.10 Å². The Kier molecular flexibility index (Phi) is 5.80. The third-order valence-electron chi connectivity index (χ3n) is 3.37. The number of amides is 2. The van der Waals surface area contributed by atoms with Gasteiger partial charge in [0.2, 0.25) is 0 Å². The van der Waals surface area contributed by atoms with Gasteiger partial charge in [0.25, 0.3) is 11.8 Å². The first kappa shape index (κ1) is 18.1. The summed E-state index contributed by atoms with van der Waals surface area (Å²) in [6, 6.07) is 10.2. The molecule has 0 heterocycles. The Morgan fingerprint density at radius 2 is 2.00 bits per heavy atom. The van der Waals surface area contributed by atoms with Crippen LogP contribution in [-0.2, 0) is 0 Å². The lowest BCUT2D eigenvalue weighted by Gasteiger charge is -2.13. The van der Waals surface area contributed by atoms with E-state index >= 15 is 0 Å². The fourth-order valence-corrected chi connectivity index (χ4v) is 2.03. The molecule has 0 spiro atoms. The predicted molar refractivity (Wildman–Crippen MR) is 88.3 cm³/mol. The number of carbonyl (C=O) groups excluding carboxylic acids is 2. The number of rotatable bonds is 5. The fourth-order valence-electron chi connectivity index (χ4n) is 2.03. The predicted octanol–water partition coefficient (Wildman–Crippen LogP) is 2.06. The highest BCUT2D eigenvalue weighted by Crippen LogP contribution is 2.19. The second kappa shape index (κ2) is 8.02. The van der Waals surface area contributed by atoms with Gasteiger partial charge < -0.3 is 4.74 Å². The molecule has 25 heavy (non-hydrogen) atoms. The van der Waals surface area contributed by atoms with Crippen LogP contribution in [0.2, 0.25) is 0 Å². The van der Waals surface area contributed by atoms with Crippen molar-refractivity contribution in [2.24, 2.45) is 5.10 Å². The minimum absolute atomic E-state index is 0.0457. The molecule has 0 bridgehead atoms. The van der Waals surface area contributed by atoms with E-state index in [0.29, 0.717) is 11.3 Å². The molecule has 8 heteroatoms. The first-order valence-electron chi connectivity index (χ1n) is 7.17. The number of benzene rings is 2. The van der Waals surface area contributed by atoms with Gasteiger partial charge in [-0.3, -0.25) is 14.8 Å². The zero-order chi connectivity index (χ0) is 18.4. The smallest absolute Gasteiger partial charge is 0.277 e. The topological polar surface area (TPSA) is 91.2 Å². The number of nitrogens with one attached hydrogen (secondary N) is 1. The first-order chi connectivity index (χ1) is 12.0. The molecule has 0 unspecified atom stereocenters. The summed E-state index contributed by atoms with van der Waals surface area (Å²) in [5.74, 6) is -1.57. The molecule has 2 amide bonds. The van der Waals surface area contributed by atoms with Crippen LogP contribution in [0.5, 0.6) is 5.75 Å². The molecule has 2 N–H and O–H groups in total. The van der Waals surface area contributed by atoms with Crippen molar-refractivity contribution in [1.82, 2.24) is 10.5 Å². The van der Waals surface area contributed by atoms with Gasteiger partial charge in [-0.25, -0.2) is 14.9 Å². The highest BCUT2D eigenvalue weighted by atomic mass is 19.1. The molecule has 130 valence electrons. The van der Waals surface area contributed by atoms with E-state index in [0.717, 1.165) is 17.3 Å². The summed E-state index contributed by atoms with van der Waals surface area (Å²) >= 11 is 0. The number of nitrogens with zero attached hydrogens (tertiary/aromatic N) is 2. The standard InChI is InChI=1S/C17H16FN3O4/c1-21(17(23)13-5-3-4-6-15(13)25-2)19-10-12-8-7-11(9-14(12)18)16(22)20-24/h3-10,24H,1-2H3,(H,20,22). The SMILES string of the molecule is COc1ccccc1C(=O)N(C)N=Cc1ccc(C(=O)NO)cc1F. The van der Waals surface area contributed by atoms with E-state index in [4.69, 9.17) is 9.94 Å². The second-order valence-electron chi connectivity index (χ2n) is 4.95. The van der Waals surface area contributed by atoms with Gasteiger partial charge in [0.05, 0.1) is 18.9 Å². The molecule has 2 aromatic carbocycles. The maximum Gasteiger partial charge on any atom is 0.277 e. The molecule has 0 radical (unpaired) electrons. The maximum absolute atomic E-state index is 14.0. The monoisotopic (exact) mass is 345 g/mol. The van der Waals surface area contributed by atoms with Crippen molar-refractivity contribution in [3.05, 3.63) is 65.0 Å². The Labute approximate surface area is 143 Å². The third-order valence-corrected chi connectivity index (χ3v) is 3.37. The number of hydroxylamine groups is 1. The summed E-state index contributed by atoms with van der Waals surface area (Å²) in [5, 5.41) is 13.5. The van der Waals surface area contributed by atoms with Gasteiger partial charge in [0, 0.05) is 18.2 Å². The van der Waals surface area contributed by atoms with Crippen molar-refractivity contribution >= 4 is 18.0 Å². The molecular formula is C17H16FN3O4. The lowest BCUT2D eigenvalue weighted by atomic mass is 10.1. The minimum Gasteiger partial charge on any atom is -0.496 e. The van der Waals surface area contributed by atoms with Crippen molar-refractivity contribution in [2.45, 2.75) is 0 Å². The zero-order valence-electron chi connectivity index (χ0n) is 13.6. The molecule has 2 aromatic rings. The van der Waals surface area contributed by atoms with E-state index in [1.54, 1.807) is 24.3 Å². The average molecular weight is 345 g/mol. The number of carbonyl (C=O) groups is 2. The summed E-state index contributed by atoms with van der Waals surface area (Å²) in [7, 11) is 2.88. The fraction of sp³-hybridized carbons (Fsp3) is 0.118. The molecule has 0 atom stereocenters. The van der Waals surface area contributed by atoms with E-state index in [1.165, 1.54) is 31.8 Å². The second-order valence-corrected chi connectivity index (χ2v) is 4.95. The number of hydrogen-bond acceptors (Lipinski definition) is 5. The van der Waals surface area contributed by atoms with E-state index in [-0.39, 0.29) is 11.1 Å². The van der Waals surface area contributed by atoms with Gasteiger partial charge in [-0.05, 0) is 30.3 Å². The molecule has 0 fully saturated rings. The molecule has 7 nitrogen and oxygen atoms in total. The number of hydrazone groups is 1. The van der Waals surface area contributed by atoms with Crippen molar-refractivity contribution in [3.63, 3.8) is 0 Å². The van der Waals surface area contributed by atoms with Crippen molar-refractivity contribution in [3.8, 4) is 5.75 Å². The number of halogens is 1. The van der Waals surface area contributed by atoms with E-state index in [1.807, 2.05) is 0 Å². The number of ether oxygens (including phenoxy) is 1. The summed E-state index contributed by atoms with van der Waals surface area (Å²) < 4.78 is 19.1. The van der Waals surface area contributed by atoms with Crippen LogP contribution in [0.1, 0.15) is 26.3 Å². The van der Waals surface area contributed by atoms with Crippen LogP contribution in [0.25, 0.3) is 0 Å². The van der Waals surface area contributed by atoms with Gasteiger partial charge in [0.1, 0.15) is 11.6 Å². The molecule has 2 rings (SSSR count). The van der Waals surface area contributed by atoms with Gasteiger partial charge >= 0.3 is 0 Å². The Hall–Kier alpha value is -3.26. The van der Waals surface area contributed by atoms with E-state index in [9.17, 15) is 14.0 Å². The van der Waals surface area contributed by atoms with Crippen LogP contribution < -0.4 is 10.2 Å². The van der Waals surface area contributed by atoms with Crippen LogP contribution >= 0.6 is 0 Å². The Bertz CT molecular complexity index is 823. The minimum atomic E-state index is -0.828. The van der Waals surface area contributed by atoms with Crippen LogP contribution in [0.15, 0.2) is 47.6 Å². The van der Waals surface area contributed by atoms with E-state index < -0.39 is 17.6 Å². The summed E-state index contributed by atoms with van der Waals surface area (Å²) in [4.78, 5) is 23.6. The highest BCUT2D eigenvalue weighted by Gasteiger charge is 2.15. The molecule has 0 aromatic heterocycles. The number of methoxy groups -OCH3 is 1. The summed E-state index contributed by atoms with van der Waals surface area (Å²) in [5.41, 5.74) is 1.77. The molecule has 0 aliphatic carbocycles. The van der Waals surface area contributed by atoms with Gasteiger partial charge in [0.15, 0.2) is 0 Å². The summed E-state index contributed by atoms with van der Waals surface area (Å²) in [6.45, 7) is 0. The van der Waals surface area contributed by atoms with Crippen LogP contribution in [0.3, 0.4) is 0 Å². The third kappa shape index (κ3) is 4.18. The first-order valence-corrected chi connectivity index (χ1v) is 7.17. The van der Waals surface area contributed by atoms with Gasteiger partial charge in [-0.1, -0.05) is 12.1 Å². The van der Waals surface area contributed by atoms with Crippen molar-refractivity contribution < 1.29 is 23.9 Å². The lowest BCUT2D eigenvalue weighted by Crippen LogP contribution is -2.22. The van der Waals surface area contributed by atoms with Crippen LogP contribution in [-0.4, -0.2) is 42.4 Å². The Morgan fingerprint density at radius 1 is 1.28 bits per heavy atom. The van der Waals surface area contributed by atoms with Crippen molar-refractivity contribution in [1.29, 1.82) is 0 Å². The number of para-hydroxylation sites is 1. The van der Waals surface area contributed by atoms with Crippen LogP contribution in [0.4, 0.5) is 4.39 Å². The van der Waals surface area contributed by atoms with E-state index in [2.05, 4.69) is 5.10 Å². The largest absolute Gasteiger partial charge is 0.496 e. The maximum atomic E-state index is 14.0. The normalized spacial score (nSPS) is 10.6. The molecular weight excluding hydrogens is 329 g/mol. The quantitative estimate of drug-likeness (QED) is 0.493. The lowest BCUT2D eigenvalue weighted by molar-refractivity contribution is 0.0705. The van der Waals surface area contributed by atoms with Crippen molar-refractivity contribution in [2.75, 3.05) is 14.2 Å². The Morgan fingerprint density at radius 3 is 2.64 bits per heavy atom. The molecule has 0 saturated heterocycles.